The number of benzene rings is 1. The predicted molar refractivity (Wildman–Crippen MR) is 94.4 cm³/mol. The molecular weight excluding hydrogens is 339 g/mol. The summed E-state index contributed by atoms with van der Waals surface area (Å²) in [6, 6.07) is 9.30. The number of hydrogen-bond donors (Lipinski definition) is 3. The predicted octanol–water partition coefficient (Wildman–Crippen LogP) is 1.63. The lowest BCUT2D eigenvalue weighted by atomic mass is 9.85. The van der Waals surface area contributed by atoms with Gasteiger partial charge in [0.05, 0.1) is 23.2 Å². The van der Waals surface area contributed by atoms with Crippen molar-refractivity contribution in [2.75, 3.05) is 13.1 Å². The molecule has 1 saturated heterocycles. The van der Waals surface area contributed by atoms with Gasteiger partial charge in [0.1, 0.15) is 5.82 Å². The molecule has 1 amide bonds. The molecule has 0 radical (unpaired) electrons. The van der Waals surface area contributed by atoms with Crippen molar-refractivity contribution in [1.29, 1.82) is 5.26 Å². The normalized spacial score (nSPS) is 20.8. The maximum atomic E-state index is 13.5. The second kappa shape index (κ2) is 7.31. The number of rotatable bonds is 5. The van der Waals surface area contributed by atoms with E-state index >= 15 is 0 Å². The number of hydrogen-bond acceptors (Lipinski definition) is 5. The van der Waals surface area contributed by atoms with Crippen LogP contribution in [0.2, 0.25) is 0 Å². The first kappa shape index (κ1) is 17.5. The molecule has 0 unspecified atom stereocenters. The first-order chi connectivity index (χ1) is 12.0. The summed E-state index contributed by atoms with van der Waals surface area (Å²) in [5, 5.41) is 17.5. The van der Waals surface area contributed by atoms with Crippen molar-refractivity contribution in [3.63, 3.8) is 0 Å². The standard InChI is InChI=1S/C18H19FN4OS/c19-13-3-4-15(12(8-13)10-20)18(5-6-22-11-18)23-17(24)16(21)9-14-2-1-7-25-14/h1-4,7-8,16,22H,5-6,9,11,21H2,(H,23,24)/t16-,18+/m0/s1. The molecule has 0 aliphatic carbocycles. The van der Waals surface area contributed by atoms with Crippen LogP contribution in [0.1, 0.15) is 22.4 Å². The highest BCUT2D eigenvalue weighted by Gasteiger charge is 2.39. The molecule has 2 heterocycles. The van der Waals surface area contributed by atoms with Crippen LogP contribution in [0.25, 0.3) is 0 Å². The van der Waals surface area contributed by atoms with Crippen LogP contribution in [0.15, 0.2) is 35.7 Å². The minimum atomic E-state index is -0.747. The van der Waals surface area contributed by atoms with Crippen LogP contribution in [0.3, 0.4) is 0 Å². The monoisotopic (exact) mass is 358 g/mol. The number of nitrogens with two attached hydrogens (primary N) is 1. The molecule has 1 aliphatic rings. The smallest absolute Gasteiger partial charge is 0.238 e. The van der Waals surface area contributed by atoms with Gasteiger partial charge in [-0.3, -0.25) is 4.79 Å². The van der Waals surface area contributed by atoms with Gasteiger partial charge in [-0.15, -0.1) is 11.3 Å². The number of nitrogens with one attached hydrogen (secondary N) is 2. The zero-order valence-corrected chi connectivity index (χ0v) is 14.4. The molecular formula is C18H19FN4OS. The minimum absolute atomic E-state index is 0.232. The van der Waals surface area contributed by atoms with E-state index in [1.807, 2.05) is 23.6 Å². The quantitative estimate of drug-likeness (QED) is 0.758. The van der Waals surface area contributed by atoms with Crippen LogP contribution < -0.4 is 16.4 Å². The van der Waals surface area contributed by atoms with Gasteiger partial charge in [0.25, 0.3) is 0 Å². The summed E-state index contributed by atoms with van der Waals surface area (Å²) < 4.78 is 13.5. The second-order valence-corrected chi connectivity index (χ2v) is 7.22. The molecule has 1 aliphatic heterocycles. The van der Waals surface area contributed by atoms with Crippen molar-refractivity contribution in [2.24, 2.45) is 5.73 Å². The van der Waals surface area contributed by atoms with Crippen molar-refractivity contribution in [1.82, 2.24) is 10.6 Å². The van der Waals surface area contributed by atoms with Crippen molar-refractivity contribution >= 4 is 17.2 Å². The molecule has 2 aromatic rings. The Morgan fingerprint density at radius 2 is 2.36 bits per heavy atom. The van der Waals surface area contributed by atoms with Gasteiger partial charge in [-0.1, -0.05) is 12.1 Å². The van der Waals surface area contributed by atoms with E-state index in [2.05, 4.69) is 10.6 Å². The highest BCUT2D eigenvalue weighted by Crippen LogP contribution is 2.31. The Morgan fingerprint density at radius 3 is 3.00 bits per heavy atom. The molecule has 130 valence electrons. The Balaban J connectivity index is 1.84. The highest BCUT2D eigenvalue weighted by molar-refractivity contribution is 7.09. The van der Waals surface area contributed by atoms with Gasteiger partial charge < -0.3 is 16.4 Å². The zero-order valence-electron chi connectivity index (χ0n) is 13.6. The van der Waals surface area contributed by atoms with E-state index in [0.717, 1.165) is 4.88 Å². The summed E-state index contributed by atoms with van der Waals surface area (Å²) in [5.41, 5.74) is 6.18. The van der Waals surface area contributed by atoms with Crippen LogP contribution in [0, 0.1) is 17.1 Å². The van der Waals surface area contributed by atoms with E-state index in [9.17, 15) is 14.4 Å². The van der Waals surface area contributed by atoms with Crippen LogP contribution >= 0.6 is 11.3 Å². The summed E-state index contributed by atoms with van der Waals surface area (Å²) in [6.07, 6.45) is 1.08. The third-order valence-corrected chi connectivity index (χ3v) is 5.37. The first-order valence-electron chi connectivity index (χ1n) is 8.05. The summed E-state index contributed by atoms with van der Waals surface area (Å²) >= 11 is 1.56. The number of amides is 1. The van der Waals surface area contributed by atoms with Crippen LogP contribution in [-0.2, 0) is 16.8 Å². The summed E-state index contributed by atoms with van der Waals surface area (Å²) in [6.45, 7) is 1.17. The molecule has 4 N–H and O–H groups in total. The number of nitrogens with zero attached hydrogens (tertiary/aromatic N) is 1. The van der Waals surface area contributed by atoms with Gasteiger partial charge in [-0.05, 0) is 42.1 Å². The molecule has 1 fully saturated rings. The largest absolute Gasteiger partial charge is 0.344 e. The average molecular weight is 358 g/mol. The van der Waals surface area contributed by atoms with E-state index in [1.165, 1.54) is 12.1 Å². The number of carbonyl (C=O) groups is 1. The van der Waals surface area contributed by atoms with Gasteiger partial charge in [-0.2, -0.15) is 5.26 Å². The van der Waals surface area contributed by atoms with E-state index in [4.69, 9.17) is 5.73 Å². The third kappa shape index (κ3) is 3.71. The van der Waals surface area contributed by atoms with Gasteiger partial charge in [0.15, 0.2) is 0 Å². The Hall–Kier alpha value is -2.27. The van der Waals surface area contributed by atoms with Crippen molar-refractivity contribution < 1.29 is 9.18 Å². The average Bonchev–Trinajstić information content (AvgIpc) is 3.27. The lowest BCUT2D eigenvalue weighted by Gasteiger charge is -2.32. The van der Waals surface area contributed by atoms with Gasteiger partial charge in [0.2, 0.25) is 5.91 Å². The van der Waals surface area contributed by atoms with E-state index in [0.29, 0.717) is 31.5 Å². The Kier molecular flexibility index (Phi) is 5.13. The van der Waals surface area contributed by atoms with Crippen molar-refractivity contribution in [2.45, 2.75) is 24.4 Å². The van der Waals surface area contributed by atoms with Crippen molar-refractivity contribution in [3.8, 4) is 6.07 Å². The first-order valence-corrected chi connectivity index (χ1v) is 8.93. The fourth-order valence-corrected chi connectivity index (χ4v) is 3.95. The molecule has 0 spiro atoms. The minimum Gasteiger partial charge on any atom is -0.344 e. The maximum Gasteiger partial charge on any atom is 0.238 e. The fourth-order valence-electron chi connectivity index (χ4n) is 3.19. The lowest BCUT2D eigenvalue weighted by molar-refractivity contribution is -0.124. The van der Waals surface area contributed by atoms with Crippen LogP contribution in [0.4, 0.5) is 4.39 Å². The molecule has 3 rings (SSSR count). The molecule has 1 aromatic carbocycles. The van der Waals surface area contributed by atoms with Gasteiger partial charge in [0, 0.05) is 17.8 Å². The van der Waals surface area contributed by atoms with E-state index in [1.54, 1.807) is 17.4 Å². The Bertz CT molecular complexity index is 794. The molecule has 7 heteroatoms. The van der Waals surface area contributed by atoms with Gasteiger partial charge >= 0.3 is 0 Å². The summed E-state index contributed by atoms with van der Waals surface area (Å²) in [4.78, 5) is 13.7. The third-order valence-electron chi connectivity index (χ3n) is 4.47. The molecule has 25 heavy (non-hydrogen) atoms. The lowest BCUT2D eigenvalue weighted by Crippen LogP contribution is -2.53. The summed E-state index contributed by atoms with van der Waals surface area (Å²) in [7, 11) is 0. The number of halogens is 1. The van der Waals surface area contributed by atoms with E-state index in [-0.39, 0.29) is 11.5 Å². The van der Waals surface area contributed by atoms with E-state index < -0.39 is 17.4 Å². The highest BCUT2D eigenvalue weighted by atomic mass is 32.1. The number of carbonyl (C=O) groups excluding carboxylic acids is 1. The fraction of sp³-hybridized carbons (Fsp3) is 0.333. The molecule has 0 bridgehead atoms. The van der Waals surface area contributed by atoms with Gasteiger partial charge in [-0.25, -0.2) is 4.39 Å². The molecule has 0 saturated carbocycles. The second-order valence-electron chi connectivity index (χ2n) is 6.19. The number of thiophene rings is 1. The maximum absolute atomic E-state index is 13.5. The SMILES string of the molecule is N#Cc1cc(F)ccc1[C@@]1(NC(=O)[C@@H](N)Cc2cccs2)CCNC1. The molecule has 2 atom stereocenters. The Labute approximate surface area is 149 Å². The molecule has 1 aromatic heterocycles. The molecule has 5 nitrogen and oxygen atoms in total. The zero-order chi connectivity index (χ0) is 17.9. The van der Waals surface area contributed by atoms with Crippen molar-refractivity contribution in [3.05, 3.63) is 57.5 Å². The Morgan fingerprint density at radius 1 is 1.52 bits per heavy atom. The van der Waals surface area contributed by atoms with Crippen LogP contribution in [0.5, 0.6) is 0 Å². The number of nitriles is 1. The van der Waals surface area contributed by atoms with Crippen LogP contribution in [-0.4, -0.2) is 25.0 Å². The summed E-state index contributed by atoms with van der Waals surface area (Å²) in [5.74, 6) is -0.743. The topological polar surface area (TPSA) is 90.9 Å².